The summed E-state index contributed by atoms with van der Waals surface area (Å²) in [4.78, 5) is 0. The fraction of sp³-hybridized carbons (Fsp3) is 0.250. The highest BCUT2D eigenvalue weighted by Gasteiger charge is 2.11. The minimum Gasteiger partial charge on any atom is -0.497 e. The van der Waals surface area contributed by atoms with Crippen LogP contribution in [0.5, 0.6) is 11.5 Å². The maximum atomic E-state index is 13.8. The third kappa shape index (κ3) is 3.70. The standard InChI is InChI=1S/C16H17F2NO2/c1-10(19)14-7-12(17)4-6-16(14)21-9-11-3-5-13(20-2)8-15(11)18/h3-8,10H,9,19H2,1-2H3. The van der Waals surface area contributed by atoms with Crippen molar-refractivity contribution in [3.63, 3.8) is 0 Å². The summed E-state index contributed by atoms with van der Waals surface area (Å²) in [6.07, 6.45) is 0. The Hall–Kier alpha value is -2.14. The van der Waals surface area contributed by atoms with Crippen LogP contribution >= 0.6 is 0 Å². The van der Waals surface area contributed by atoms with E-state index in [1.807, 2.05) is 0 Å². The lowest BCUT2D eigenvalue weighted by atomic mass is 10.1. The molecule has 1 atom stereocenters. The Morgan fingerprint density at radius 2 is 1.90 bits per heavy atom. The highest BCUT2D eigenvalue weighted by Crippen LogP contribution is 2.26. The Bertz CT molecular complexity index is 630. The van der Waals surface area contributed by atoms with Gasteiger partial charge in [0.2, 0.25) is 0 Å². The van der Waals surface area contributed by atoms with E-state index in [-0.39, 0.29) is 18.5 Å². The maximum absolute atomic E-state index is 13.8. The van der Waals surface area contributed by atoms with Crippen LogP contribution in [0.3, 0.4) is 0 Å². The van der Waals surface area contributed by atoms with E-state index in [0.29, 0.717) is 22.6 Å². The fourth-order valence-electron chi connectivity index (χ4n) is 1.93. The number of benzene rings is 2. The van der Waals surface area contributed by atoms with Crippen LogP contribution in [0.2, 0.25) is 0 Å². The van der Waals surface area contributed by atoms with Crippen LogP contribution in [0.25, 0.3) is 0 Å². The maximum Gasteiger partial charge on any atom is 0.133 e. The number of rotatable bonds is 5. The van der Waals surface area contributed by atoms with Gasteiger partial charge in [0, 0.05) is 23.2 Å². The molecule has 3 nitrogen and oxygen atoms in total. The van der Waals surface area contributed by atoms with Crippen molar-refractivity contribution < 1.29 is 18.3 Å². The van der Waals surface area contributed by atoms with E-state index >= 15 is 0 Å². The van der Waals surface area contributed by atoms with E-state index in [2.05, 4.69) is 0 Å². The number of halogens is 2. The Morgan fingerprint density at radius 1 is 1.14 bits per heavy atom. The second kappa shape index (κ2) is 6.54. The van der Waals surface area contributed by atoms with Gasteiger partial charge in [-0.1, -0.05) is 0 Å². The van der Waals surface area contributed by atoms with Crippen LogP contribution in [-0.2, 0) is 6.61 Å². The number of nitrogens with two attached hydrogens (primary N) is 1. The third-order valence-electron chi connectivity index (χ3n) is 3.11. The van der Waals surface area contributed by atoms with Crippen molar-refractivity contribution in [2.75, 3.05) is 7.11 Å². The van der Waals surface area contributed by atoms with Gasteiger partial charge in [0.25, 0.3) is 0 Å². The largest absolute Gasteiger partial charge is 0.497 e. The Kier molecular flexibility index (Phi) is 4.75. The molecule has 2 N–H and O–H groups in total. The normalized spacial score (nSPS) is 12.0. The average molecular weight is 293 g/mol. The van der Waals surface area contributed by atoms with Crippen molar-refractivity contribution in [1.29, 1.82) is 0 Å². The topological polar surface area (TPSA) is 44.5 Å². The van der Waals surface area contributed by atoms with Gasteiger partial charge in [-0.3, -0.25) is 0 Å². The van der Waals surface area contributed by atoms with Gasteiger partial charge in [0.1, 0.15) is 29.7 Å². The van der Waals surface area contributed by atoms with Crippen molar-refractivity contribution in [2.24, 2.45) is 5.73 Å². The summed E-state index contributed by atoms with van der Waals surface area (Å²) in [7, 11) is 1.47. The number of methoxy groups -OCH3 is 1. The van der Waals surface area contributed by atoms with Crippen LogP contribution in [0.4, 0.5) is 8.78 Å². The van der Waals surface area contributed by atoms with E-state index in [1.165, 1.54) is 31.4 Å². The van der Waals surface area contributed by atoms with Crippen molar-refractivity contribution in [3.8, 4) is 11.5 Å². The first kappa shape index (κ1) is 15.3. The summed E-state index contributed by atoms with van der Waals surface area (Å²) in [6.45, 7) is 1.76. The minimum absolute atomic E-state index is 0.0289. The summed E-state index contributed by atoms with van der Waals surface area (Å²) < 4.78 is 37.6. The number of hydrogen-bond donors (Lipinski definition) is 1. The van der Waals surface area contributed by atoms with Gasteiger partial charge in [-0.05, 0) is 37.3 Å². The third-order valence-corrected chi connectivity index (χ3v) is 3.11. The van der Waals surface area contributed by atoms with Gasteiger partial charge in [0.15, 0.2) is 0 Å². The molecule has 0 saturated heterocycles. The smallest absolute Gasteiger partial charge is 0.133 e. The number of ether oxygens (including phenoxy) is 2. The van der Waals surface area contributed by atoms with Crippen molar-refractivity contribution in [1.82, 2.24) is 0 Å². The molecule has 112 valence electrons. The summed E-state index contributed by atoms with van der Waals surface area (Å²) >= 11 is 0. The molecule has 0 spiro atoms. The first-order valence-corrected chi connectivity index (χ1v) is 6.51. The van der Waals surface area contributed by atoms with Crippen molar-refractivity contribution in [3.05, 3.63) is 59.2 Å². The quantitative estimate of drug-likeness (QED) is 0.916. The van der Waals surface area contributed by atoms with Crippen LogP contribution in [0.1, 0.15) is 24.1 Å². The lowest BCUT2D eigenvalue weighted by Crippen LogP contribution is -2.09. The molecule has 0 aliphatic heterocycles. The monoisotopic (exact) mass is 293 g/mol. The van der Waals surface area contributed by atoms with Crippen LogP contribution < -0.4 is 15.2 Å². The highest BCUT2D eigenvalue weighted by molar-refractivity contribution is 5.36. The van der Waals surface area contributed by atoms with Crippen LogP contribution in [0.15, 0.2) is 36.4 Å². The lowest BCUT2D eigenvalue weighted by molar-refractivity contribution is 0.294. The van der Waals surface area contributed by atoms with Crippen molar-refractivity contribution >= 4 is 0 Å². The van der Waals surface area contributed by atoms with Crippen LogP contribution in [0, 0.1) is 11.6 Å². The predicted molar refractivity (Wildman–Crippen MR) is 76.3 cm³/mol. The van der Waals surface area contributed by atoms with Crippen molar-refractivity contribution in [2.45, 2.75) is 19.6 Å². The molecule has 0 aromatic heterocycles. The molecule has 1 unspecified atom stereocenters. The van der Waals surface area contributed by atoms with Gasteiger partial charge < -0.3 is 15.2 Å². The van der Waals surface area contributed by atoms with E-state index in [0.717, 1.165) is 0 Å². The first-order chi connectivity index (χ1) is 10.0. The predicted octanol–water partition coefficient (Wildman–Crippen LogP) is 3.57. The minimum atomic E-state index is -0.418. The summed E-state index contributed by atoms with van der Waals surface area (Å²) in [5, 5.41) is 0. The summed E-state index contributed by atoms with van der Waals surface area (Å²) in [6, 6.07) is 8.25. The van der Waals surface area contributed by atoms with Gasteiger partial charge in [-0.25, -0.2) is 8.78 Å². The summed E-state index contributed by atoms with van der Waals surface area (Å²) in [5.41, 5.74) is 6.71. The fourth-order valence-corrected chi connectivity index (χ4v) is 1.93. The zero-order valence-electron chi connectivity index (χ0n) is 11.9. The second-order valence-electron chi connectivity index (χ2n) is 4.72. The molecule has 2 rings (SSSR count). The van der Waals surface area contributed by atoms with E-state index in [9.17, 15) is 8.78 Å². The molecule has 0 amide bonds. The molecular weight excluding hydrogens is 276 g/mol. The molecule has 0 fully saturated rings. The molecule has 0 aliphatic carbocycles. The first-order valence-electron chi connectivity index (χ1n) is 6.51. The molecule has 0 heterocycles. The van der Waals surface area contributed by atoms with Crippen LogP contribution in [-0.4, -0.2) is 7.11 Å². The molecule has 2 aromatic rings. The van der Waals surface area contributed by atoms with Gasteiger partial charge in [0.05, 0.1) is 7.11 Å². The van der Waals surface area contributed by atoms with Gasteiger partial charge in [-0.2, -0.15) is 0 Å². The highest BCUT2D eigenvalue weighted by atomic mass is 19.1. The Balaban J connectivity index is 2.16. The molecule has 0 aliphatic rings. The Labute approximate surface area is 122 Å². The average Bonchev–Trinajstić information content (AvgIpc) is 2.46. The zero-order chi connectivity index (χ0) is 15.4. The molecule has 0 bridgehead atoms. The summed E-state index contributed by atoms with van der Waals surface area (Å²) in [5.74, 6) is 0.0833. The van der Waals surface area contributed by atoms with E-state index in [1.54, 1.807) is 19.1 Å². The zero-order valence-corrected chi connectivity index (χ0v) is 11.9. The Morgan fingerprint density at radius 3 is 2.52 bits per heavy atom. The molecule has 0 radical (unpaired) electrons. The molecular formula is C16H17F2NO2. The van der Waals surface area contributed by atoms with E-state index < -0.39 is 5.82 Å². The molecule has 2 aromatic carbocycles. The van der Waals surface area contributed by atoms with Gasteiger partial charge >= 0.3 is 0 Å². The number of hydrogen-bond acceptors (Lipinski definition) is 3. The van der Waals surface area contributed by atoms with E-state index in [4.69, 9.17) is 15.2 Å². The molecule has 21 heavy (non-hydrogen) atoms. The second-order valence-corrected chi connectivity index (χ2v) is 4.72. The molecule has 0 saturated carbocycles. The van der Waals surface area contributed by atoms with Gasteiger partial charge in [-0.15, -0.1) is 0 Å². The SMILES string of the molecule is COc1ccc(COc2ccc(F)cc2C(C)N)c(F)c1. The lowest BCUT2D eigenvalue weighted by Gasteiger charge is -2.14. The molecule has 5 heteroatoms.